The first-order valence-corrected chi connectivity index (χ1v) is 9.16. The summed E-state index contributed by atoms with van der Waals surface area (Å²) >= 11 is 0. The largest absolute Gasteiger partial charge is 0.337 e. The Labute approximate surface area is 158 Å². The number of carbonyl (C=O) groups excluding carboxylic acids is 1. The smallest absolute Gasteiger partial charge is 0.272 e. The summed E-state index contributed by atoms with van der Waals surface area (Å²) in [6.45, 7) is 3.33. The Morgan fingerprint density at radius 3 is 2.52 bits per heavy atom. The Bertz CT molecular complexity index is 922. The van der Waals surface area contributed by atoms with Crippen molar-refractivity contribution in [1.29, 1.82) is 0 Å². The molecule has 6 nitrogen and oxygen atoms in total. The van der Waals surface area contributed by atoms with Gasteiger partial charge in [0, 0.05) is 49.4 Å². The summed E-state index contributed by atoms with van der Waals surface area (Å²) in [4.78, 5) is 31.9. The number of hydrogen-bond acceptors (Lipinski definition) is 5. The number of nitrogens with zero attached hydrogens (tertiary/aromatic N) is 5. The van der Waals surface area contributed by atoms with Crippen molar-refractivity contribution in [3.63, 3.8) is 0 Å². The van der Waals surface area contributed by atoms with Crippen LogP contribution in [0.2, 0.25) is 0 Å². The molecule has 0 aromatic carbocycles. The molecule has 1 aliphatic rings. The lowest BCUT2D eigenvalue weighted by Gasteiger charge is -2.32. The molecule has 6 heteroatoms. The molecule has 4 heterocycles. The monoisotopic (exact) mass is 359 g/mol. The van der Waals surface area contributed by atoms with Crippen LogP contribution in [0.5, 0.6) is 0 Å². The van der Waals surface area contributed by atoms with E-state index >= 15 is 0 Å². The number of aromatic nitrogens is 4. The van der Waals surface area contributed by atoms with E-state index in [4.69, 9.17) is 4.98 Å². The van der Waals surface area contributed by atoms with Crippen LogP contribution in [0.4, 0.5) is 0 Å². The van der Waals surface area contributed by atoms with Crippen LogP contribution in [0.3, 0.4) is 0 Å². The third-order valence-electron chi connectivity index (χ3n) is 4.98. The van der Waals surface area contributed by atoms with Crippen LogP contribution in [-0.2, 0) is 0 Å². The molecular weight excluding hydrogens is 338 g/mol. The quantitative estimate of drug-likeness (QED) is 0.718. The van der Waals surface area contributed by atoms with Gasteiger partial charge in [0.1, 0.15) is 11.5 Å². The fraction of sp³-hybridized carbons (Fsp3) is 0.286. The van der Waals surface area contributed by atoms with Crippen molar-refractivity contribution in [2.45, 2.75) is 25.7 Å². The van der Waals surface area contributed by atoms with Crippen LogP contribution in [0.25, 0.3) is 11.1 Å². The van der Waals surface area contributed by atoms with Crippen molar-refractivity contribution in [3.05, 3.63) is 72.3 Å². The number of hydrogen-bond donors (Lipinski definition) is 0. The molecule has 3 aromatic heterocycles. The average molecular weight is 359 g/mol. The number of likely N-dealkylation sites (tertiary alicyclic amines) is 1. The van der Waals surface area contributed by atoms with Gasteiger partial charge in [0.05, 0.1) is 5.69 Å². The first-order chi connectivity index (χ1) is 13.2. The summed E-state index contributed by atoms with van der Waals surface area (Å²) in [5.41, 5.74) is 3.70. The second-order valence-electron chi connectivity index (χ2n) is 6.73. The minimum absolute atomic E-state index is 0.00211. The molecule has 27 heavy (non-hydrogen) atoms. The molecule has 0 atom stereocenters. The number of carbonyl (C=O) groups is 1. The van der Waals surface area contributed by atoms with Gasteiger partial charge in [0.2, 0.25) is 0 Å². The molecule has 0 bridgehead atoms. The van der Waals surface area contributed by atoms with Crippen molar-refractivity contribution in [2.24, 2.45) is 0 Å². The van der Waals surface area contributed by atoms with Gasteiger partial charge < -0.3 is 4.90 Å². The molecule has 3 aromatic rings. The molecule has 0 saturated carbocycles. The molecule has 0 spiro atoms. The SMILES string of the molecule is Cc1ncc(-c2ccncc2)c(C2CCN(C(=O)c3ccccn3)CC2)n1. The Hall–Kier alpha value is -3.15. The van der Waals surface area contributed by atoms with Crippen LogP contribution in [0.15, 0.2) is 55.1 Å². The molecule has 1 amide bonds. The number of pyridine rings is 2. The van der Waals surface area contributed by atoms with E-state index in [2.05, 4.69) is 15.0 Å². The second-order valence-corrected chi connectivity index (χ2v) is 6.73. The van der Waals surface area contributed by atoms with E-state index in [1.165, 1.54) is 0 Å². The van der Waals surface area contributed by atoms with E-state index < -0.39 is 0 Å². The lowest BCUT2D eigenvalue weighted by molar-refractivity contribution is 0.0706. The predicted octanol–water partition coefficient (Wildman–Crippen LogP) is 3.26. The summed E-state index contributed by atoms with van der Waals surface area (Å²) in [6, 6.07) is 9.40. The third kappa shape index (κ3) is 3.69. The fourth-order valence-electron chi connectivity index (χ4n) is 3.56. The highest BCUT2D eigenvalue weighted by Gasteiger charge is 2.27. The minimum atomic E-state index is 0.00211. The van der Waals surface area contributed by atoms with Gasteiger partial charge in [-0.15, -0.1) is 0 Å². The van der Waals surface area contributed by atoms with Gasteiger partial charge in [-0.2, -0.15) is 0 Å². The predicted molar refractivity (Wildman–Crippen MR) is 102 cm³/mol. The Morgan fingerprint density at radius 2 is 1.81 bits per heavy atom. The molecule has 0 unspecified atom stereocenters. The van der Waals surface area contributed by atoms with Crippen LogP contribution in [0, 0.1) is 6.92 Å². The van der Waals surface area contributed by atoms with E-state index in [9.17, 15) is 4.79 Å². The maximum absolute atomic E-state index is 12.6. The van der Waals surface area contributed by atoms with Gasteiger partial charge in [-0.3, -0.25) is 14.8 Å². The van der Waals surface area contributed by atoms with E-state index in [1.54, 1.807) is 24.7 Å². The maximum atomic E-state index is 12.6. The Kier molecular flexibility index (Phi) is 4.87. The topological polar surface area (TPSA) is 71.9 Å². The highest BCUT2D eigenvalue weighted by atomic mass is 16.2. The van der Waals surface area contributed by atoms with Crippen LogP contribution < -0.4 is 0 Å². The van der Waals surface area contributed by atoms with Gasteiger partial charge in [0.15, 0.2) is 0 Å². The summed E-state index contributed by atoms with van der Waals surface area (Å²) in [7, 11) is 0. The van der Waals surface area contributed by atoms with Gasteiger partial charge in [-0.05, 0) is 49.6 Å². The van der Waals surface area contributed by atoms with Gasteiger partial charge in [0.25, 0.3) is 5.91 Å². The first-order valence-electron chi connectivity index (χ1n) is 9.16. The van der Waals surface area contributed by atoms with E-state index in [0.717, 1.165) is 35.5 Å². The Balaban J connectivity index is 1.53. The molecule has 1 saturated heterocycles. The number of amides is 1. The van der Waals surface area contributed by atoms with Crippen molar-refractivity contribution >= 4 is 5.91 Å². The Morgan fingerprint density at radius 1 is 1.04 bits per heavy atom. The highest BCUT2D eigenvalue weighted by molar-refractivity contribution is 5.92. The number of rotatable bonds is 3. The van der Waals surface area contributed by atoms with Crippen molar-refractivity contribution in [2.75, 3.05) is 13.1 Å². The molecule has 4 rings (SSSR count). The average Bonchev–Trinajstić information content (AvgIpc) is 2.74. The summed E-state index contributed by atoms with van der Waals surface area (Å²) in [6.07, 6.45) is 8.89. The molecule has 0 radical (unpaired) electrons. The van der Waals surface area contributed by atoms with E-state index in [-0.39, 0.29) is 5.91 Å². The van der Waals surface area contributed by atoms with Gasteiger partial charge in [-0.25, -0.2) is 9.97 Å². The fourth-order valence-corrected chi connectivity index (χ4v) is 3.56. The summed E-state index contributed by atoms with van der Waals surface area (Å²) in [5, 5.41) is 0. The molecular formula is C21H21N5O. The second kappa shape index (κ2) is 7.61. The third-order valence-corrected chi connectivity index (χ3v) is 4.98. The highest BCUT2D eigenvalue weighted by Crippen LogP contribution is 2.33. The normalized spacial score (nSPS) is 14.9. The van der Waals surface area contributed by atoms with Gasteiger partial charge in [-0.1, -0.05) is 6.07 Å². The first kappa shape index (κ1) is 17.3. The molecule has 1 aliphatic heterocycles. The molecule has 0 aliphatic carbocycles. The lowest BCUT2D eigenvalue weighted by Crippen LogP contribution is -2.38. The van der Waals surface area contributed by atoms with E-state index in [0.29, 0.717) is 24.7 Å². The summed E-state index contributed by atoms with van der Waals surface area (Å²) < 4.78 is 0. The molecule has 1 fully saturated rings. The van der Waals surface area contributed by atoms with Crippen LogP contribution in [-0.4, -0.2) is 43.8 Å². The van der Waals surface area contributed by atoms with Crippen molar-refractivity contribution in [1.82, 2.24) is 24.8 Å². The minimum Gasteiger partial charge on any atom is -0.337 e. The van der Waals surface area contributed by atoms with Crippen molar-refractivity contribution in [3.8, 4) is 11.1 Å². The van der Waals surface area contributed by atoms with Crippen molar-refractivity contribution < 1.29 is 4.79 Å². The maximum Gasteiger partial charge on any atom is 0.272 e. The zero-order valence-corrected chi connectivity index (χ0v) is 15.2. The standard InChI is InChI=1S/C21H21N5O/c1-15-24-14-18(16-5-10-22-11-6-16)20(25-15)17-7-12-26(13-8-17)21(27)19-4-2-3-9-23-19/h2-6,9-11,14,17H,7-8,12-13H2,1H3. The van der Waals surface area contributed by atoms with Gasteiger partial charge >= 0.3 is 0 Å². The lowest BCUT2D eigenvalue weighted by atomic mass is 9.89. The molecule has 136 valence electrons. The molecule has 0 N–H and O–H groups in total. The summed E-state index contributed by atoms with van der Waals surface area (Å²) in [5.74, 6) is 1.08. The number of piperidine rings is 1. The van der Waals surface area contributed by atoms with Crippen LogP contribution in [0.1, 0.15) is 40.8 Å². The van der Waals surface area contributed by atoms with E-state index in [1.807, 2.05) is 42.3 Å². The zero-order chi connectivity index (χ0) is 18.6. The number of aryl methyl sites for hydroxylation is 1. The van der Waals surface area contributed by atoms with Crippen LogP contribution >= 0.6 is 0 Å². The zero-order valence-electron chi connectivity index (χ0n) is 15.2.